The fourth-order valence-electron chi connectivity index (χ4n) is 5.10. The second kappa shape index (κ2) is 12.1. The van der Waals surface area contributed by atoms with Crippen LogP contribution in [-0.4, -0.2) is 68.9 Å². The Morgan fingerprint density at radius 2 is 1.89 bits per heavy atom. The fraction of sp³-hybridized carbons (Fsp3) is 0.448. The Labute approximate surface area is 227 Å². The third-order valence-electron chi connectivity index (χ3n) is 7.29. The maximum absolute atomic E-state index is 12.5. The molecule has 9 heteroatoms. The number of fused-ring (bicyclic) bond motifs is 2. The lowest BCUT2D eigenvalue weighted by atomic mass is 10.0. The van der Waals surface area contributed by atoms with E-state index in [0.29, 0.717) is 19.4 Å². The van der Waals surface area contributed by atoms with Crippen molar-refractivity contribution in [3.63, 3.8) is 0 Å². The van der Waals surface area contributed by atoms with E-state index in [9.17, 15) is 9.59 Å². The number of benzene rings is 2. The average Bonchev–Trinajstić information content (AvgIpc) is 3.42. The van der Waals surface area contributed by atoms with Gasteiger partial charge in [0.1, 0.15) is 11.8 Å². The predicted octanol–water partition coefficient (Wildman–Crippen LogP) is 4.01. The van der Waals surface area contributed by atoms with Gasteiger partial charge in [0, 0.05) is 54.4 Å². The fourth-order valence-corrected chi connectivity index (χ4v) is 5.91. The predicted molar refractivity (Wildman–Crippen MR) is 152 cm³/mol. The second-order valence-electron chi connectivity index (χ2n) is 9.99. The molecule has 1 unspecified atom stereocenters. The van der Waals surface area contributed by atoms with E-state index in [1.54, 1.807) is 18.3 Å². The highest BCUT2D eigenvalue weighted by atomic mass is 32.1. The van der Waals surface area contributed by atoms with Gasteiger partial charge < -0.3 is 20.1 Å². The molecule has 3 aromatic rings. The molecule has 1 aromatic heterocycles. The van der Waals surface area contributed by atoms with Crippen molar-refractivity contribution in [3.8, 4) is 5.75 Å². The molecule has 38 heavy (non-hydrogen) atoms. The van der Waals surface area contributed by atoms with Crippen LogP contribution in [0.5, 0.6) is 5.75 Å². The van der Waals surface area contributed by atoms with Gasteiger partial charge in [0.05, 0.1) is 12.3 Å². The summed E-state index contributed by atoms with van der Waals surface area (Å²) in [4.78, 5) is 30.8. The summed E-state index contributed by atoms with van der Waals surface area (Å²) < 4.78 is 12.6. The summed E-state index contributed by atoms with van der Waals surface area (Å²) in [5.41, 5.74) is 8.72. The van der Waals surface area contributed by atoms with Gasteiger partial charge in [0.2, 0.25) is 5.91 Å². The van der Waals surface area contributed by atoms with Crippen LogP contribution in [0.15, 0.2) is 47.8 Å². The summed E-state index contributed by atoms with van der Waals surface area (Å²) in [6.45, 7) is 7.36. The number of amides is 1. The molecule has 0 radical (unpaired) electrons. The zero-order valence-corrected chi connectivity index (χ0v) is 22.8. The van der Waals surface area contributed by atoms with E-state index in [2.05, 4.69) is 39.4 Å². The van der Waals surface area contributed by atoms with E-state index in [0.717, 1.165) is 62.6 Å². The first-order valence-corrected chi connectivity index (χ1v) is 14.3. The van der Waals surface area contributed by atoms with Crippen molar-refractivity contribution in [1.82, 2.24) is 4.90 Å². The van der Waals surface area contributed by atoms with Crippen LogP contribution in [-0.2, 0) is 20.7 Å². The van der Waals surface area contributed by atoms with Crippen LogP contribution in [0.2, 0.25) is 0 Å². The lowest BCUT2D eigenvalue weighted by Crippen LogP contribution is -2.46. The lowest BCUT2D eigenvalue weighted by Gasteiger charge is -2.36. The molecule has 0 aliphatic carbocycles. The molecule has 1 saturated heterocycles. The van der Waals surface area contributed by atoms with Crippen molar-refractivity contribution in [2.75, 3.05) is 55.9 Å². The first kappa shape index (κ1) is 26.5. The van der Waals surface area contributed by atoms with Gasteiger partial charge in [0.15, 0.2) is 6.73 Å². The number of hydrogen-bond donors (Lipinski definition) is 1. The molecular formula is C29H36N4O4S. The average molecular weight is 537 g/mol. The zero-order chi connectivity index (χ0) is 26.5. The molecule has 1 fully saturated rings. The monoisotopic (exact) mass is 536 g/mol. The number of carbonyl (C=O) groups is 2. The first-order chi connectivity index (χ1) is 18.5. The van der Waals surface area contributed by atoms with Crippen molar-refractivity contribution in [2.45, 2.75) is 38.6 Å². The van der Waals surface area contributed by atoms with E-state index >= 15 is 0 Å². The van der Waals surface area contributed by atoms with Crippen LogP contribution in [0.3, 0.4) is 0 Å². The highest BCUT2D eigenvalue weighted by Gasteiger charge is 2.26. The number of nitrogens with zero attached hydrogens (tertiary/aromatic N) is 3. The molecule has 1 amide bonds. The number of unbranched alkanes of at least 4 members (excludes halogenated alkanes) is 1. The van der Waals surface area contributed by atoms with Crippen LogP contribution < -0.4 is 20.3 Å². The Morgan fingerprint density at radius 1 is 1.05 bits per heavy atom. The quantitative estimate of drug-likeness (QED) is 0.309. The molecule has 0 saturated carbocycles. The Bertz CT molecular complexity index is 1270. The third-order valence-corrected chi connectivity index (χ3v) is 8.17. The SMILES string of the molecule is CC(N)C(=O)OCN1C(=O)CCc2ccc(OCCCCN3CCN(c4cccc5sccc45)CC3)cc21. The number of aryl methyl sites for hydroxylation is 1. The number of anilines is 2. The van der Waals surface area contributed by atoms with Gasteiger partial charge in [-0.2, -0.15) is 0 Å². The normalized spacial score (nSPS) is 16.9. The van der Waals surface area contributed by atoms with Gasteiger partial charge in [-0.3, -0.25) is 19.4 Å². The number of hydrogen-bond acceptors (Lipinski definition) is 8. The molecule has 1 atom stereocenters. The van der Waals surface area contributed by atoms with Gasteiger partial charge in [-0.05, 0) is 67.9 Å². The molecule has 0 bridgehead atoms. The van der Waals surface area contributed by atoms with E-state index in [-0.39, 0.29) is 12.6 Å². The number of ether oxygens (including phenoxy) is 2. The van der Waals surface area contributed by atoms with Crippen molar-refractivity contribution in [1.29, 1.82) is 0 Å². The summed E-state index contributed by atoms with van der Waals surface area (Å²) >= 11 is 1.80. The summed E-state index contributed by atoms with van der Waals surface area (Å²) in [6, 6.07) is 13.9. The topological polar surface area (TPSA) is 88.3 Å². The summed E-state index contributed by atoms with van der Waals surface area (Å²) in [7, 11) is 0. The molecule has 0 spiro atoms. The van der Waals surface area contributed by atoms with Gasteiger partial charge in [-0.15, -0.1) is 11.3 Å². The molecule has 2 N–H and O–H groups in total. The first-order valence-electron chi connectivity index (χ1n) is 13.4. The van der Waals surface area contributed by atoms with E-state index in [1.165, 1.54) is 20.7 Å². The molecular weight excluding hydrogens is 500 g/mol. The van der Waals surface area contributed by atoms with Crippen LogP contribution >= 0.6 is 11.3 Å². The van der Waals surface area contributed by atoms with E-state index in [4.69, 9.17) is 15.2 Å². The molecule has 2 aliphatic rings. The summed E-state index contributed by atoms with van der Waals surface area (Å²) in [5.74, 6) is 0.121. The highest BCUT2D eigenvalue weighted by molar-refractivity contribution is 7.17. The largest absolute Gasteiger partial charge is 0.494 e. The Hall–Kier alpha value is -3.14. The van der Waals surface area contributed by atoms with Crippen molar-refractivity contribution >= 4 is 44.7 Å². The molecule has 2 aromatic carbocycles. The number of piperazine rings is 1. The minimum atomic E-state index is -0.728. The van der Waals surface area contributed by atoms with E-state index < -0.39 is 12.0 Å². The van der Waals surface area contributed by atoms with Gasteiger partial charge in [0.25, 0.3) is 0 Å². The van der Waals surface area contributed by atoms with Crippen LogP contribution in [0.4, 0.5) is 11.4 Å². The Balaban J connectivity index is 1.06. The zero-order valence-electron chi connectivity index (χ0n) is 21.9. The number of nitrogens with two attached hydrogens (primary N) is 1. The number of rotatable bonds is 10. The maximum atomic E-state index is 12.5. The second-order valence-corrected chi connectivity index (χ2v) is 10.9. The van der Waals surface area contributed by atoms with Crippen LogP contribution in [0.25, 0.3) is 10.1 Å². The van der Waals surface area contributed by atoms with Crippen molar-refractivity contribution in [3.05, 3.63) is 53.4 Å². The minimum absolute atomic E-state index is 0.0702. The number of thiophene rings is 1. The van der Waals surface area contributed by atoms with E-state index in [1.807, 2.05) is 18.2 Å². The van der Waals surface area contributed by atoms with Crippen LogP contribution in [0, 0.1) is 0 Å². The Morgan fingerprint density at radius 3 is 2.71 bits per heavy atom. The maximum Gasteiger partial charge on any atom is 0.324 e. The molecule has 3 heterocycles. The molecule has 2 aliphatic heterocycles. The van der Waals surface area contributed by atoms with Gasteiger partial charge in [-0.1, -0.05) is 12.1 Å². The smallest absolute Gasteiger partial charge is 0.324 e. The molecule has 8 nitrogen and oxygen atoms in total. The van der Waals surface area contributed by atoms with Crippen molar-refractivity contribution < 1.29 is 19.1 Å². The van der Waals surface area contributed by atoms with Crippen LogP contribution in [0.1, 0.15) is 31.7 Å². The highest BCUT2D eigenvalue weighted by Crippen LogP contribution is 2.32. The summed E-state index contributed by atoms with van der Waals surface area (Å²) in [6.07, 6.45) is 3.09. The van der Waals surface area contributed by atoms with Gasteiger partial charge in [-0.25, -0.2) is 0 Å². The third kappa shape index (κ3) is 6.11. The molecule has 5 rings (SSSR count). The number of esters is 1. The summed E-state index contributed by atoms with van der Waals surface area (Å²) in [5, 5.41) is 3.54. The molecule has 202 valence electrons. The minimum Gasteiger partial charge on any atom is -0.494 e. The Kier molecular flexibility index (Phi) is 8.46. The van der Waals surface area contributed by atoms with Gasteiger partial charge >= 0.3 is 5.97 Å². The number of carbonyl (C=O) groups excluding carboxylic acids is 2. The standard InChI is InChI=1S/C29H36N4O4S/c1-21(30)29(35)37-20-33-26-19-23(9-7-22(26)8-10-28(33)34)36-17-3-2-12-31-13-15-32(16-14-31)25-5-4-6-27-24(25)11-18-38-27/h4-7,9,11,18-19,21H,2-3,8,10,12-17,20,30H2,1H3. The van der Waals surface area contributed by atoms with Crippen molar-refractivity contribution in [2.24, 2.45) is 5.73 Å². The lowest BCUT2D eigenvalue weighted by molar-refractivity contribution is -0.145.